The standard InChI is InChI=1S/C12H17F3N2O3S/c1-17(7-6-12(13,14)15)21(18,19)9-8-20-11-5-3-2-4-10(11)16/h2-5H,6-9,16H2,1H3. The molecule has 21 heavy (non-hydrogen) atoms. The lowest BCUT2D eigenvalue weighted by atomic mass is 10.3. The molecule has 0 heterocycles. The number of ether oxygens (including phenoxy) is 1. The lowest BCUT2D eigenvalue weighted by Crippen LogP contribution is -2.34. The Kier molecular flexibility index (Phi) is 5.85. The highest BCUT2D eigenvalue weighted by Crippen LogP contribution is 2.21. The van der Waals surface area contributed by atoms with Crippen LogP contribution in [0.1, 0.15) is 6.42 Å². The van der Waals surface area contributed by atoms with E-state index in [4.69, 9.17) is 10.5 Å². The van der Waals surface area contributed by atoms with Crippen molar-refractivity contribution in [2.45, 2.75) is 12.6 Å². The van der Waals surface area contributed by atoms with Crippen molar-refractivity contribution in [3.63, 3.8) is 0 Å². The fourth-order valence-electron chi connectivity index (χ4n) is 1.45. The first-order valence-electron chi connectivity index (χ1n) is 6.10. The van der Waals surface area contributed by atoms with E-state index >= 15 is 0 Å². The Morgan fingerprint density at radius 2 is 1.90 bits per heavy atom. The van der Waals surface area contributed by atoms with Crippen molar-refractivity contribution in [1.82, 2.24) is 4.31 Å². The number of hydrogen-bond donors (Lipinski definition) is 1. The molecule has 5 nitrogen and oxygen atoms in total. The van der Waals surface area contributed by atoms with E-state index in [-0.39, 0.29) is 6.61 Å². The average Bonchev–Trinajstić information content (AvgIpc) is 2.37. The lowest BCUT2D eigenvalue weighted by Gasteiger charge is -2.18. The number of rotatable bonds is 7. The molecule has 0 aliphatic carbocycles. The summed E-state index contributed by atoms with van der Waals surface area (Å²) >= 11 is 0. The minimum Gasteiger partial charge on any atom is -0.490 e. The molecule has 0 unspecified atom stereocenters. The summed E-state index contributed by atoms with van der Waals surface area (Å²) in [7, 11) is -2.69. The minimum absolute atomic E-state index is 0.188. The van der Waals surface area contributed by atoms with Crippen LogP contribution in [-0.4, -0.2) is 44.9 Å². The molecule has 0 saturated carbocycles. The smallest absolute Gasteiger partial charge is 0.390 e. The highest BCUT2D eigenvalue weighted by Gasteiger charge is 2.29. The molecule has 0 bridgehead atoms. The molecule has 2 N–H and O–H groups in total. The van der Waals surface area contributed by atoms with E-state index in [1.807, 2.05) is 0 Å². The maximum atomic E-state index is 12.1. The van der Waals surface area contributed by atoms with Gasteiger partial charge in [0.05, 0.1) is 17.9 Å². The molecule has 120 valence electrons. The number of sulfonamides is 1. The van der Waals surface area contributed by atoms with Crippen molar-refractivity contribution in [1.29, 1.82) is 0 Å². The summed E-state index contributed by atoms with van der Waals surface area (Å²) in [5.41, 5.74) is 5.98. The summed E-state index contributed by atoms with van der Waals surface area (Å²) < 4.78 is 65.6. The summed E-state index contributed by atoms with van der Waals surface area (Å²) in [5.74, 6) is -0.0824. The Labute approximate surface area is 121 Å². The lowest BCUT2D eigenvalue weighted by molar-refractivity contribution is -0.135. The second-order valence-corrected chi connectivity index (χ2v) is 6.58. The molecule has 0 saturated heterocycles. The molecule has 0 fully saturated rings. The van der Waals surface area contributed by atoms with Gasteiger partial charge in [-0.2, -0.15) is 13.2 Å². The van der Waals surface area contributed by atoms with Gasteiger partial charge in [-0.05, 0) is 12.1 Å². The first-order valence-corrected chi connectivity index (χ1v) is 7.71. The van der Waals surface area contributed by atoms with Gasteiger partial charge in [0.25, 0.3) is 0 Å². The number of hydrogen-bond acceptors (Lipinski definition) is 4. The number of nitrogen functional groups attached to an aromatic ring is 1. The Morgan fingerprint density at radius 3 is 2.48 bits per heavy atom. The molecular formula is C12H17F3N2O3S. The number of alkyl halides is 3. The van der Waals surface area contributed by atoms with Crippen LogP contribution >= 0.6 is 0 Å². The zero-order valence-corrected chi connectivity index (χ0v) is 12.2. The summed E-state index contributed by atoms with van der Waals surface area (Å²) in [6, 6.07) is 6.55. The van der Waals surface area contributed by atoms with Crippen LogP contribution in [0.4, 0.5) is 18.9 Å². The number of nitrogens with zero attached hydrogens (tertiary/aromatic N) is 1. The third-order valence-corrected chi connectivity index (χ3v) is 4.52. The van der Waals surface area contributed by atoms with Gasteiger partial charge in [0.2, 0.25) is 10.0 Å². The zero-order valence-electron chi connectivity index (χ0n) is 11.4. The topological polar surface area (TPSA) is 72.6 Å². The van der Waals surface area contributed by atoms with Crippen LogP contribution in [0.15, 0.2) is 24.3 Å². The van der Waals surface area contributed by atoms with Gasteiger partial charge in [0, 0.05) is 13.6 Å². The fourth-order valence-corrected chi connectivity index (χ4v) is 2.42. The van der Waals surface area contributed by atoms with E-state index < -0.39 is 34.9 Å². The zero-order chi connectivity index (χ0) is 16.1. The first kappa shape index (κ1) is 17.6. The van der Waals surface area contributed by atoms with Gasteiger partial charge in [-0.25, -0.2) is 12.7 Å². The molecule has 0 aliphatic rings. The Morgan fingerprint density at radius 1 is 1.29 bits per heavy atom. The molecule has 0 atom stereocenters. The van der Waals surface area contributed by atoms with Gasteiger partial charge in [0.15, 0.2) is 0 Å². The van der Waals surface area contributed by atoms with E-state index in [1.165, 1.54) is 0 Å². The van der Waals surface area contributed by atoms with Crippen LogP contribution in [0.3, 0.4) is 0 Å². The second kappa shape index (κ2) is 6.99. The van der Waals surface area contributed by atoms with Gasteiger partial charge >= 0.3 is 6.18 Å². The van der Waals surface area contributed by atoms with Gasteiger partial charge in [-0.15, -0.1) is 0 Å². The van der Waals surface area contributed by atoms with Crippen LogP contribution in [0.2, 0.25) is 0 Å². The van der Waals surface area contributed by atoms with E-state index in [2.05, 4.69) is 0 Å². The first-order chi connectivity index (χ1) is 9.62. The van der Waals surface area contributed by atoms with Crippen LogP contribution in [0.25, 0.3) is 0 Å². The normalized spacial score (nSPS) is 12.6. The van der Waals surface area contributed by atoms with Crippen molar-refractivity contribution in [2.24, 2.45) is 0 Å². The van der Waals surface area contributed by atoms with Crippen molar-refractivity contribution in [3.05, 3.63) is 24.3 Å². The van der Waals surface area contributed by atoms with Gasteiger partial charge in [-0.1, -0.05) is 12.1 Å². The number of halogens is 3. The second-order valence-electron chi connectivity index (χ2n) is 4.39. The van der Waals surface area contributed by atoms with Crippen LogP contribution in [0.5, 0.6) is 5.75 Å². The van der Waals surface area contributed by atoms with Crippen molar-refractivity contribution in [2.75, 3.05) is 31.7 Å². The summed E-state index contributed by atoms with van der Waals surface area (Å²) in [4.78, 5) is 0. The van der Waals surface area contributed by atoms with Gasteiger partial charge in [0.1, 0.15) is 12.4 Å². The van der Waals surface area contributed by atoms with E-state index in [0.717, 1.165) is 7.05 Å². The molecule has 1 rings (SSSR count). The molecule has 0 aliphatic heterocycles. The van der Waals surface area contributed by atoms with Crippen LogP contribution in [-0.2, 0) is 10.0 Å². The van der Waals surface area contributed by atoms with E-state index in [0.29, 0.717) is 15.7 Å². The Bertz CT molecular complexity index is 561. The Balaban J connectivity index is 2.48. The highest BCUT2D eigenvalue weighted by molar-refractivity contribution is 7.89. The number of para-hydroxylation sites is 2. The molecular weight excluding hydrogens is 309 g/mol. The van der Waals surface area contributed by atoms with Crippen molar-refractivity contribution >= 4 is 15.7 Å². The Hall–Kier alpha value is -1.48. The predicted octanol–water partition coefficient (Wildman–Crippen LogP) is 1.86. The molecule has 0 radical (unpaired) electrons. The largest absolute Gasteiger partial charge is 0.490 e. The average molecular weight is 326 g/mol. The molecule has 1 aromatic rings. The molecule has 0 amide bonds. The fraction of sp³-hybridized carbons (Fsp3) is 0.500. The number of benzene rings is 1. The number of nitrogens with two attached hydrogens (primary N) is 1. The third kappa shape index (κ3) is 6.21. The molecule has 0 spiro atoms. The third-order valence-electron chi connectivity index (χ3n) is 2.70. The molecule has 9 heteroatoms. The molecule has 1 aromatic carbocycles. The van der Waals surface area contributed by atoms with E-state index in [9.17, 15) is 21.6 Å². The highest BCUT2D eigenvalue weighted by atomic mass is 32.2. The maximum absolute atomic E-state index is 12.1. The van der Waals surface area contributed by atoms with Crippen molar-refractivity contribution in [3.8, 4) is 5.75 Å². The predicted molar refractivity (Wildman–Crippen MR) is 73.4 cm³/mol. The van der Waals surface area contributed by atoms with E-state index in [1.54, 1.807) is 24.3 Å². The summed E-state index contributed by atoms with van der Waals surface area (Å²) in [6.07, 6.45) is -5.58. The summed E-state index contributed by atoms with van der Waals surface area (Å²) in [5, 5.41) is 0. The minimum atomic E-state index is -4.39. The monoisotopic (exact) mass is 326 g/mol. The maximum Gasteiger partial charge on any atom is 0.390 e. The SMILES string of the molecule is CN(CCC(F)(F)F)S(=O)(=O)CCOc1ccccc1N. The number of anilines is 1. The summed E-state index contributed by atoms with van der Waals surface area (Å²) in [6.45, 7) is -0.799. The molecule has 0 aromatic heterocycles. The van der Waals surface area contributed by atoms with Crippen LogP contribution < -0.4 is 10.5 Å². The van der Waals surface area contributed by atoms with Gasteiger partial charge in [-0.3, -0.25) is 0 Å². The van der Waals surface area contributed by atoms with Crippen molar-refractivity contribution < 1.29 is 26.3 Å². The van der Waals surface area contributed by atoms with Crippen LogP contribution in [0, 0.1) is 0 Å². The quantitative estimate of drug-likeness (QED) is 0.776. The van der Waals surface area contributed by atoms with Gasteiger partial charge < -0.3 is 10.5 Å².